The van der Waals surface area contributed by atoms with E-state index in [1.165, 1.54) is 19.1 Å². The van der Waals surface area contributed by atoms with Crippen molar-refractivity contribution in [2.75, 3.05) is 6.61 Å². The SMILES string of the molecule is CC(=O)C1=C(c2ccc(F)cc2)NC(=S)N[C@H]1c1ccc(OCC#N)cc1. The zero-order valence-electron chi connectivity index (χ0n) is 14.5. The second kappa shape index (κ2) is 7.98. The first-order valence-corrected chi connectivity index (χ1v) is 8.58. The molecule has 1 atom stereocenters. The van der Waals surface area contributed by atoms with Gasteiger partial charge in [-0.1, -0.05) is 12.1 Å². The number of ether oxygens (including phenoxy) is 1. The molecule has 0 amide bonds. The summed E-state index contributed by atoms with van der Waals surface area (Å²) in [5.74, 6) is 0.0697. The highest BCUT2D eigenvalue weighted by atomic mass is 32.1. The Morgan fingerprint density at radius 1 is 1.22 bits per heavy atom. The molecule has 0 bridgehead atoms. The zero-order valence-corrected chi connectivity index (χ0v) is 15.3. The van der Waals surface area contributed by atoms with Gasteiger partial charge >= 0.3 is 0 Å². The van der Waals surface area contributed by atoms with Gasteiger partial charge in [0.05, 0.1) is 11.7 Å². The molecule has 5 nitrogen and oxygen atoms in total. The minimum Gasteiger partial charge on any atom is -0.479 e. The molecule has 2 aromatic rings. The van der Waals surface area contributed by atoms with E-state index in [4.69, 9.17) is 22.2 Å². The van der Waals surface area contributed by atoms with Crippen LogP contribution in [-0.2, 0) is 4.79 Å². The fourth-order valence-corrected chi connectivity index (χ4v) is 3.13. The van der Waals surface area contributed by atoms with Crippen molar-refractivity contribution in [3.8, 4) is 11.8 Å². The topological polar surface area (TPSA) is 74.2 Å². The molecule has 0 radical (unpaired) electrons. The number of carbonyl (C=O) groups is 1. The molecule has 3 rings (SSSR count). The monoisotopic (exact) mass is 381 g/mol. The summed E-state index contributed by atoms with van der Waals surface area (Å²) in [6, 6.07) is 14.4. The Kier molecular flexibility index (Phi) is 5.48. The van der Waals surface area contributed by atoms with Crippen molar-refractivity contribution in [2.24, 2.45) is 0 Å². The molecule has 0 unspecified atom stereocenters. The molecule has 0 saturated carbocycles. The van der Waals surface area contributed by atoms with Crippen molar-refractivity contribution in [1.29, 1.82) is 5.26 Å². The number of ketones is 1. The van der Waals surface area contributed by atoms with E-state index < -0.39 is 6.04 Å². The predicted octanol–water partition coefficient (Wildman–Crippen LogP) is 3.25. The Balaban J connectivity index is 2.03. The molecular weight excluding hydrogens is 365 g/mol. The zero-order chi connectivity index (χ0) is 19.4. The molecule has 0 saturated heterocycles. The van der Waals surface area contributed by atoms with Crippen molar-refractivity contribution in [3.05, 3.63) is 71.0 Å². The van der Waals surface area contributed by atoms with E-state index in [9.17, 15) is 9.18 Å². The Morgan fingerprint density at radius 2 is 1.89 bits per heavy atom. The number of hydrogen-bond acceptors (Lipinski definition) is 4. The molecule has 0 aromatic heterocycles. The van der Waals surface area contributed by atoms with E-state index in [1.807, 2.05) is 18.2 Å². The van der Waals surface area contributed by atoms with Gasteiger partial charge in [-0.05, 0) is 66.7 Å². The number of thiocarbonyl (C=S) groups is 1. The van der Waals surface area contributed by atoms with E-state index in [0.717, 1.165) is 5.56 Å². The lowest BCUT2D eigenvalue weighted by Crippen LogP contribution is -2.44. The molecule has 1 aliphatic heterocycles. The molecule has 0 fully saturated rings. The molecular formula is C20H16FN3O2S. The van der Waals surface area contributed by atoms with Crippen molar-refractivity contribution in [2.45, 2.75) is 13.0 Å². The molecule has 2 N–H and O–H groups in total. The van der Waals surface area contributed by atoms with E-state index in [0.29, 0.717) is 27.7 Å². The molecule has 1 heterocycles. The van der Waals surface area contributed by atoms with E-state index in [1.54, 1.807) is 24.3 Å². The van der Waals surface area contributed by atoms with Gasteiger partial charge in [0, 0.05) is 5.57 Å². The molecule has 27 heavy (non-hydrogen) atoms. The van der Waals surface area contributed by atoms with Gasteiger partial charge in [-0.25, -0.2) is 4.39 Å². The molecule has 136 valence electrons. The lowest BCUT2D eigenvalue weighted by Gasteiger charge is -2.31. The Morgan fingerprint density at radius 3 is 2.48 bits per heavy atom. The first-order chi connectivity index (χ1) is 13.0. The van der Waals surface area contributed by atoms with Crippen LogP contribution in [0, 0.1) is 17.1 Å². The second-order valence-corrected chi connectivity index (χ2v) is 6.31. The number of rotatable bonds is 5. The van der Waals surface area contributed by atoms with Gasteiger partial charge in [-0.3, -0.25) is 4.79 Å². The maximum absolute atomic E-state index is 13.3. The van der Waals surface area contributed by atoms with Crippen LogP contribution < -0.4 is 15.4 Å². The maximum atomic E-state index is 13.3. The number of carbonyl (C=O) groups excluding carboxylic acids is 1. The quantitative estimate of drug-likeness (QED) is 0.775. The summed E-state index contributed by atoms with van der Waals surface area (Å²) < 4.78 is 18.5. The summed E-state index contributed by atoms with van der Waals surface area (Å²) in [7, 11) is 0. The summed E-state index contributed by atoms with van der Waals surface area (Å²) >= 11 is 5.31. The number of nitrogens with zero attached hydrogens (tertiary/aromatic N) is 1. The fraction of sp³-hybridized carbons (Fsp3) is 0.150. The van der Waals surface area contributed by atoms with Crippen LogP contribution in [0.25, 0.3) is 5.70 Å². The van der Waals surface area contributed by atoms with E-state index in [-0.39, 0.29) is 18.2 Å². The number of nitrogens with one attached hydrogen (secondary N) is 2. The van der Waals surface area contributed by atoms with Crippen LogP contribution in [0.15, 0.2) is 54.1 Å². The smallest absolute Gasteiger partial charge is 0.174 e. The van der Waals surface area contributed by atoms with Gasteiger partial charge in [-0.15, -0.1) is 0 Å². The van der Waals surface area contributed by atoms with Crippen LogP contribution in [0.4, 0.5) is 4.39 Å². The lowest BCUT2D eigenvalue weighted by molar-refractivity contribution is -0.113. The molecule has 0 spiro atoms. The van der Waals surface area contributed by atoms with Crippen molar-refractivity contribution >= 4 is 28.8 Å². The van der Waals surface area contributed by atoms with Crippen molar-refractivity contribution in [1.82, 2.24) is 10.6 Å². The molecule has 1 aliphatic rings. The average molecular weight is 381 g/mol. The van der Waals surface area contributed by atoms with Crippen LogP contribution in [0.1, 0.15) is 24.1 Å². The third-order valence-corrected chi connectivity index (χ3v) is 4.32. The summed E-state index contributed by atoms with van der Waals surface area (Å²) in [6.45, 7) is 1.44. The van der Waals surface area contributed by atoms with Crippen LogP contribution >= 0.6 is 12.2 Å². The highest BCUT2D eigenvalue weighted by Crippen LogP contribution is 2.32. The molecule has 2 aromatic carbocycles. The van der Waals surface area contributed by atoms with Gasteiger partial charge in [0.2, 0.25) is 0 Å². The van der Waals surface area contributed by atoms with Crippen LogP contribution in [0.2, 0.25) is 0 Å². The summed E-state index contributed by atoms with van der Waals surface area (Å²) in [4.78, 5) is 12.4. The van der Waals surface area contributed by atoms with Gasteiger partial charge in [0.25, 0.3) is 0 Å². The fourth-order valence-electron chi connectivity index (χ4n) is 2.91. The van der Waals surface area contributed by atoms with Crippen LogP contribution in [0.3, 0.4) is 0 Å². The second-order valence-electron chi connectivity index (χ2n) is 5.90. The van der Waals surface area contributed by atoms with E-state index in [2.05, 4.69) is 10.6 Å². The predicted molar refractivity (Wildman–Crippen MR) is 103 cm³/mol. The largest absolute Gasteiger partial charge is 0.479 e. The number of nitriles is 1. The number of hydrogen-bond donors (Lipinski definition) is 2. The van der Waals surface area contributed by atoms with Gasteiger partial charge in [-0.2, -0.15) is 5.26 Å². The Hall–Kier alpha value is -3.24. The summed E-state index contributed by atoms with van der Waals surface area (Å²) in [5.41, 5.74) is 2.54. The first kappa shape index (κ1) is 18.5. The summed E-state index contributed by atoms with van der Waals surface area (Å²) in [6.07, 6.45) is 0. The number of halogens is 1. The Labute approximate surface area is 161 Å². The van der Waals surface area contributed by atoms with Gasteiger partial charge < -0.3 is 15.4 Å². The number of Topliss-reactive ketones (excluding diaryl/α,β-unsaturated/α-hetero) is 1. The first-order valence-electron chi connectivity index (χ1n) is 8.18. The Bertz CT molecular complexity index is 947. The standard InChI is InChI=1S/C20H16FN3O2S/c1-12(25)17-18(13-2-6-15(21)7-3-13)23-20(27)24-19(17)14-4-8-16(9-5-14)26-11-10-22/h2-9,19H,11H2,1H3,(H2,23,24,27)/t19-/m0/s1. The average Bonchev–Trinajstić information content (AvgIpc) is 2.66. The van der Waals surface area contributed by atoms with Crippen LogP contribution in [-0.4, -0.2) is 17.5 Å². The minimum absolute atomic E-state index is 0.0393. The summed E-state index contributed by atoms with van der Waals surface area (Å²) in [5, 5.41) is 15.1. The third-order valence-electron chi connectivity index (χ3n) is 4.10. The normalized spacial score (nSPS) is 16.2. The number of benzene rings is 2. The molecule has 0 aliphatic carbocycles. The van der Waals surface area contributed by atoms with Crippen molar-refractivity contribution < 1.29 is 13.9 Å². The van der Waals surface area contributed by atoms with E-state index >= 15 is 0 Å². The maximum Gasteiger partial charge on any atom is 0.174 e. The third kappa shape index (κ3) is 4.13. The minimum atomic E-state index is -0.457. The highest BCUT2D eigenvalue weighted by molar-refractivity contribution is 7.80. The highest BCUT2D eigenvalue weighted by Gasteiger charge is 2.30. The lowest BCUT2D eigenvalue weighted by atomic mass is 9.90. The van der Waals surface area contributed by atoms with Gasteiger partial charge in [0.15, 0.2) is 17.5 Å². The van der Waals surface area contributed by atoms with Crippen LogP contribution in [0.5, 0.6) is 5.75 Å². The van der Waals surface area contributed by atoms with Crippen molar-refractivity contribution in [3.63, 3.8) is 0 Å². The molecule has 7 heteroatoms. The van der Waals surface area contributed by atoms with Gasteiger partial charge in [0.1, 0.15) is 17.6 Å².